The molecule has 3 aromatic rings. The van der Waals surface area contributed by atoms with Crippen molar-refractivity contribution < 1.29 is 18.4 Å². The van der Waals surface area contributed by atoms with Crippen LogP contribution >= 0.6 is 0 Å². The molecule has 0 bridgehead atoms. The average molecular weight is 356 g/mol. The molecular formula is C20H24N2O4. The van der Waals surface area contributed by atoms with Gasteiger partial charge in [-0.15, -0.1) is 0 Å². The third kappa shape index (κ3) is 3.48. The van der Waals surface area contributed by atoms with E-state index in [2.05, 4.69) is 16.1 Å². The van der Waals surface area contributed by atoms with Crippen LogP contribution in [0.4, 0.5) is 0 Å². The molecule has 0 amide bonds. The van der Waals surface area contributed by atoms with Crippen LogP contribution in [-0.4, -0.2) is 36.4 Å². The summed E-state index contributed by atoms with van der Waals surface area (Å²) in [7, 11) is 1.68. The van der Waals surface area contributed by atoms with E-state index in [0.29, 0.717) is 6.61 Å². The fraction of sp³-hybridized carbons (Fsp3) is 0.450. The highest BCUT2D eigenvalue weighted by molar-refractivity contribution is 5.79. The molecule has 6 nitrogen and oxygen atoms in total. The number of fused-ring (bicyclic) bond motifs is 1. The summed E-state index contributed by atoms with van der Waals surface area (Å²) >= 11 is 0. The predicted octanol–water partition coefficient (Wildman–Crippen LogP) is 3.84. The van der Waals surface area contributed by atoms with Crippen LogP contribution in [0.1, 0.15) is 29.2 Å². The molecule has 1 fully saturated rings. The topological polar surface area (TPSA) is 60.9 Å². The number of hydrogen-bond acceptors (Lipinski definition) is 6. The first-order valence-electron chi connectivity index (χ1n) is 8.94. The Hall–Kier alpha value is -2.31. The Labute approximate surface area is 152 Å². The highest BCUT2D eigenvalue weighted by atomic mass is 16.5. The van der Waals surface area contributed by atoms with Gasteiger partial charge in [-0.3, -0.25) is 4.90 Å². The number of benzene rings is 1. The fourth-order valence-corrected chi connectivity index (χ4v) is 3.49. The van der Waals surface area contributed by atoms with Gasteiger partial charge in [-0.2, -0.15) is 0 Å². The molecular weight excluding hydrogens is 332 g/mol. The van der Waals surface area contributed by atoms with Gasteiger partial charge < -0.3 is 18.4 Å². The lowest BCUT2D eigenvalue weighted by atomic mass is 10.2. The summed E-state index contributed by atoms with van der Waals surface area (Å²) in [6.45, 7) is 7.14. The standard InChI is InChI=1S/C20H24N2O4/c1-13-19(14(2)26-21-13)12-24-17-6-7-22(10-17)11-18-9-15-8-16(23-3)4-5-20(15)25-18/h4-5,8-9,17H,6-7,10-12H2,1-3H3. The van der Waals surface area contributed by atoms with Gasteiger partial charge in [-0.1, -0.05) is 5.16 Å². The van der Waals surface area contributed by atoms with Gasteiger partial charge in [0, 0.05) is 24.0 Å². The molecule has 1 aromatic carbocycles. The third-order valence-corrected chi connectivity index (χ3v) is 5.03. The molecule has 0 N–H and O–H groups in total. The second kappa shape index (κ2) is 7.13. The van der Waals surface area contributed by atoms with Crippen molar-refractivity contribution in [3.05, 3.63) is 47.0 Å². The van der Waals surface area contributed by atoms with Crippen LogP contribution in [0.15, 0.2) is 33.2 Å². The Bertz CT molecular complexity index is 879. The summed E-state index contributed by atoms with van der Waals surface area (Å²) in [6.07, 6.45) is 1.26. The molecule has 1 saturated heterocycles. The number of methoxy groups -OCH3 is 1. The monoisotopic (exact) mass is 356 g/mol. The summed E-state index contributed by atoms with van der Waals surface area (Å²) in [5.74, 6) is 2.66. The van der Waals surface area contributed by atoms with Gasteiger partial charge in [0.1, 0.15) is 22.9 Å². The first-order valence-corrected chi connectivity index (χ1v) is 8.94. The van der Waals surface area contributed by atoms with Gasteiger partial charge in [0.05, 0.1) is 32.1 Å². The Morgan fingerprint density at radius 3 is 2.92 bits per heavy atom. The van der Waals surface area contributed by atoms with Crippen molar-refractivity contribution in [1.29, 1.82) is 0 Å². The molecule has 1 atom stereocenters. The number of furan rings is 1. The van der Waals surface area contributed by atoms with Crippen LogP contribution in [0.25, 0.3) is 11.0 Å². The van der Waals surface area contributed by atoms with Crippen LogP contribution in [0, 0.1) is 13.8 Å². The van der Waals surface area contributed by atoms with Crippen molar-refractivity contribution in [2.75, 3.05) is 20.2 Å². The maximum Gasteiger partial charge on any atom is 0.139 e. The molecule has 0 saturated carbocycles. The molecule has 4 rings (SSSR count). The van der Waals surface area contributed by atoms with E-state index in [0.717, 1.165) is 65.6 Å². The first kappa shape index (κ1) is 17.1. The zero-order valence-corrected chi connectivity index (χ0v) is 15.4. The van der Waals surface area contributed by atoms with Crippen LogP contribution in [0.3, 0.4) is 0 Å². The normalized spacial score (nSPS) is 18.0. The van der Waals surface area contributed by atoms with E-state index in [1.165, 1.54) is 0 Å². The van der Waals surface area contributed by atoms with Crippen molar-refractivity contribution in [2.45, 2.75) is 39.5 Å². The number of ether oxygens (including phenoxy) is 2. The number of likely N-dealkylation sites (tertiary alicyclic amines) is 1. The van der Waals surface area contributed by atoms with E-state index in [1.54, 1.807) is 7.11 Å². The molecule has 6 heteroatoms. The molecule has 0 radical (unpaired) electrons. The van der Waals surface area contributed by atoms with Crippen molar-refractivity contribution in [3.63, 3.8) is 0 Å². The van der Waals surface area contributed by atoms with E-state index in [-0.39, 0.29) is 6.10 Å². The Balaban J connectivity index is 1.34. The largest absolute Gasteiger partial charge is 0.497 e. The Morgan fingerprint density at radius 2 is 2.15 bits per heavy atom. The van der Waals surface area contributed by atoms with Crippen LogP contribution < -0.4 is 4.74 Å². The van der Waals surface area contributed by atoms with Gasteiger partial charge in [-0.25, -0.2) is 0 Å². The number of nitrogens with zero attached hydrogens (tertiary/aromatic N) is 2. The lowest BCUT2D eigenvalue weighted by Crippen LogP contribution is -2.22. The number of hydrogen-bond donors (Lipinski definition) is 0. The van der Waals surface area contributed by atoms with Crippen molar-refractivity contribution in [1.82, 2.24) is 10.1 Å². The van der Waals surface area contributed by atoms with Crippen LogP contribution in [0.2, 0.25) is 0 Å². The average Bonchev–Trinajstić information content (AvgIpc) is 3.32. The second-order valence-corrected chi connectivity index (χ2v) is 6.88. The summed E-state index contributed by atoms with van der Waals surface area (Å²) in [5, 5.41) is 5.05. The van der Waals surface area contributed by atoms with Gasteiger partial charge in [0.15, 0.2) is 0 Å². The molecule has 1 unspecified atom stereocenters. The van der Waals surface area contributed by atoms with Crippen molar-refractivity contribution >= 4 is 11.0 Å². The van der Waals surface area contributed by atoms with E-state index < -0.39 is 0 Å². The number of aromatic nitrogens is 1. The Kier molecular flexibility index (Phi) is 4.70. The van der Waals surface area contributed by atoms with Crippen LogP contribution in [0.5, 0.6) is 5.75 Å². The summed E-state index contributed by atoms with van der Waals surface area (Å²) in [5.41, 5.74) is 2.87. The smallest absolute Gasteiger partial charge is 0.139 e. The fourth-order valence-electron chi connectivity index (χ4n) is 3.49. The van der Waals surface area contributed by atoms with E-state index in [1.807, 2.05) is 32.0 Å². The Morgan fingerprint density at radius 1 is 1.27 bits per heavy atom. The zero-order chi connectivity index (χ0) is 18.1. The molecule has 138 valence electrons. The summed E-state index contributed by atoms with van der Waals surface area (Å²) < 4.78 is 22.5. The van der Waals surface area contributed by atoms with E-state index in [4.69, 9.17) is 18.4 Å². The molecule has 2 aromatic heterocycles. The maximum absolute atomic E-state index is 6.08. The van der Waals surface area contributed by atoms with E-state index in [9.17, 15) is 0 Å². The SMILES string of the molecule is COc1ccc2oc(CN3CCC(OCc4c(C)noc4C)C3)cc2c1. The third-order valence-electron chi connectivity index (χ3n) is 5.03. The minimum absolute atomic E-state index is 0.230. The minimum Gasteiger partial charge on any atom is -0.497 e. The molecule has 26 heavy (non-hydrogen) atoms. The van der Waals surface area contributed by atoms with Gasteiger partial charge in [0.25, 0.3) is 0 Å². The molecule has 0 aliphatic carbocycles. The molecule has 0 spiro atoms. The quantitative estimate of drug-likeness (QED) is 0.669. The minimum atomic E-state index is 0.230. The van der Waals surface area contributed by atoms with Crippen molar-refractivity contribution in [3.8, 4) is 5.75 Å². The second-order valence-electron chi connectivity index (χ2n) is 6.88. The van der Waals surface area contributed by atoms with Crippen molar-refractivity contribution in [2.24, 2.45) is 0 Å². The van der Waals surface area contributed by atoms with Crippen LogP contribution in [-0.2, 0) is 17.9 Å². The molecule has 1 aliphatic rings. The maximum atomic E-state index is 6.08. The number of aryl methyl sites for hydroxylation is 2. The van der Waals surface area contributed by atoms with Gasteiger partial charge in [-0.05, 0) is 44.5 Å². The van der Waals surface area contributed by atoms with Gasteiger partial charge >= 0.3 is 0 Å². The molecule has 3 heterocycles. The lowest BCUT2D eigenvalue weighted by molar-refractivity contribution is 0.0449. The van der Waals surface area contributed by atoms with E-state index >= 15 is 0 Å². The summed E-state index contributed by atoms with van der Waals surface area (Å²) in [4.78, 5) is 2.37. The predicted molar refractivity (Wildman–Crippen MR) is 97.2 cm³/mol. The number of rotatable bonds is 6. The highest BCUT2D eigenvalue weighted by Crippen LogP contribution is 2.26. The lowest BCUT2D eigenvalue weighted by Gasteiger charge is -2.14. The van der Waals surface area contributed by atoms with Gasteiger partial charge in [0.2, 0.25) is 0 Å². The zero-order valence-electron chi connectivity index (χ0n) is 15.4. The highest BCUT2D eigenvalue weighted by Gasteiger charge is 2.25. The molecule has 1 aliphatic heterocycles. The first-order chi connectivity index (χ1) is 12.6. The summed E-state index contributed by atoms with van der Waals surface area (Å²) in [6, 6.07) is 7.97.